The second-order valence-corrected chi connectivity index (χ2v) is 7.89. The van der Waals surface area contributed by atoms with Crippen LogP contribution in [0, 0.1) is 35.0 Å². The molecular weight excluding hydrogens is 222 g/mol. The molecule has 1 saturated carbocycles. The maximum atomic E-state index is 12.3. The van der Waals surface area contributed by atoms with Crippen LogP contribution in [0.25, 0.3) is 0 Å². The fourth-order valence-electron chi connectivity index (χ4n) is 4.14. The van der Waals surface area contributed by atoms with Gasteiger partial charge in [-0.25, -0.2) is 0 Å². The Morgan fingerprint density at radius 3 is 2.28 bits per heavy atom. The fraction of sp³-hybridized carbons (Fsp3) is 0.938. The molecule has 0 N–H and O–H groups in total. The predicted octanol–water partition coefficient (Wildman–Crippen LogP) is 3.42. The van der Waals surface area contributed by atoms with Gasteiger partial charge in [-0.2, -0.15) is 0 Å². The van der Waals surface area contributed by atoms with E-state index in [-0.39, 0.29) is 5.41 Å². The molecule has 0 aromatic carbocycles. The van der Waals surface area contributed by atoms with Gasteiger partial charge in [0.25, 0.3) is 0 Å². The van der Waals surface area contributed by atoms with E-state index in [1.165, 1.54) is 6.42 Å². The summed E-state index contributed by atoms with van der Waals surface area (Å²) in [6, 6.07) is 0. The Balaban J connectivity index is 2.03. The maximum Gasteiger partial charge on any atom is 0.227 e. The van der Waals surface area contributed by atoms with E-state index in [9.17, 15) is 4.79 Å². The summed E-state index contributed by atoms with van der Waals surface area (Å²) in [7, 11) is 0. The highest BCUT2D eigenvalue weighted by atomic mass is 16.2. The SMILES string of the molecule is CC(C)C1CC2CN(C(=O)C(C)(C)C)CC2C1C. The molecule has 0 spiro atoms. The van der Waals surface area contributed by atoms with Gasteiger partial charge in [0.1, 0.15) is 0 Å². The highest BCUT2D eigenvalue weighted by molar-refractivity contribution is 5.81. The topological polar surface area (TPSA) is 20.3 Å². The van der Waals surface area contributed by atoms with Gasteiger partial charge in [0.05, 0.1) is 0 Å². The number of likely N-dealkylation sites (tertiary alicyclic amines) is 1. The first-order valence-electron chi connectivity index (χ1n) is 7.51. The molecular formula is C16H29NO. The van der Waals surface area contributed by atoms with E-state index in [2.05, 4.69) is 25.7 Å². The van der Waals surface area contributed by atoms with E-state index in [0.29, 0.717) is 5.91 Å². The molecule has 4 unspecified atom stereocenters. The number of fused-ring (bicyclic) bond motifs is 1. The molecule has 18 heavy (non-hydrogen) atoms. The van der Waals surface area contributed by atoms with Crippen molar-refractivity contribution in [2.75, 3.05) is 13.1 Å². The van der Waals surface area contributed by atoms with Crippen molar-refractivity contribution in [2.45, 2.75) is 48.0 Å². The first-order valence-corrected chi connectivity index (χ1v) is 7.51. The van der Waals surface area contributed by atoms with Crippen LogP contribution in [0.5, 0.6) is 0 Å². The summed E-state index contributed by atoms with van der Waals surface area (Å²) in [5.74, 6) is 4.30. The second-order valence-electron chi connectivity index (χ2n) is 7.89. The lowest BCUT2D eigenvalue weighted by Gasteiger charge is -2.29. The normalized spacial score (nSPS) is 36.3. The van der Waals surface area contributed by atoms with E-state index in [0.717, 1.165) is 42.7 Å². The van der Waals surface area contributed by atoms with Crippen molar-refractivity contribution < 1.29 is 4.79 Å². The number of carbonyl (C=O) groups excluding carboxylic acids is 1. The van der Waals surface area contributed by atoms with Crippen LogP contribution in [0.4, 0.5) is 0 Å². The van der Waals surface area contributed by atoms with E-state index in [1.807, 2.05) is 20.8 Å². The molecule has 0 aromatic rings. The molecule has 2 aliphatic rings. The van der Waals surface area contributed by atoms with E-state index in [4.69, 9.17) is 0 Å². The number of nitrogens with zero attached hydrogens (tertiary/aromatic N) is 1. The van der Waals surface area contributed by atoms with E-state index >= 15 is 0 Å². The summed E-state index contributed by atoms with van der Waals surface area (Å²) in [6.07, 6.45) is 1.33. The molecule has 1 saturated heterocycles. The lowest BCUT2D eigenvalue weighted by molar-refractivity contribution is -0.138. The molecule has 4 atom stereocenters. The molecule has 2 heteroatoms. The Bertz CT molecular complexity index is 328. The van der Waals surface area contributed by atoms with E-state index < -0.39 is 0 Å². The van der Waals surface area contributed by atoms with Gasteiger partial charge in [-0.1, -0.05) is 41.5 Å². The Morgan fingerprint density at radius 2 is 1.83 bits per heavy atom. The largest absolute Gasteiger partial charge is 0.342 e. The van der Waals surface area contributed by atoms with Crippen molar-refractivity contribution in [1.82, 2.24) is 4.90 Å². The van der Waals surface area contributed by atoms with Crippen molar-refractivity contribution >= 4 is 5.91 Å². The first-order chi connectivity index (χ1) is 8.21. The molecule has 0 bridgehead atoms. The van der Waals surface area contributed by atoms with Gasteiger partial charge >= 0.3 is 0 Å². The molecule has 2 fully saturated rings. The molecule has 1 amide bonds. The fourth-order valence-corrected chi connectivity index (χ4v) is 4.14. The minimum Gasteiger partial charge on any atom is -0.342 e. The molecule has 0 radical (unpaired) electrons. The maximum absolute atomic E-state index is 12.3. The van der Waals surface area contributed by atoms with E-state index in [1.54, 1.807) is 0 Å². The van der Waals surface area contributed by atoms with Crippen LogP contribution < -0.4 is 0 Å². The van der Waals surface area contributed by atoms with Gasteiger partial charge < -0.3 is 4.90 Å². The summed E-state index contributed by atoms with van der Waals surface area (Å²) in [4.78, 5) is 14.5. The third-order valence-corrected chi connectivity index (χ3v) is 5.20. The Kier molecular flexibility index (Phi) is 3.50. The van der Waals surface area contributed by atoms with Crippen LogP contribution in [-0.4, -0.2) is 23.9 Å². The Hall–Kier alpha value is -0.530. The van der Waals surface area contributed by atoms with Crippen molar-refractivity contribution in [3.63, 3.8) is 0 Å². The molecule has 1 heterocycles. The summed E-state index contributed by atoms with van der Waals surface area (Å²) < 4.78 is 0. The van der Waals surface area contributed by atoms with Gasteiger partial charge in [0, 0.05) is 18.5 Å². The van der Waals surface area contributed by atoms with Crippen molar-refractivity contribution in [2.24, 2.45) is 35.0 Å². The number of carbonyl (C=O) groups is 1. The highest BCUT2D eigenvalue weighted by Crippen LogP contribution is 2.48. The van der Waals surface area contributed by atoms with Crippen LogP contribution >= 0.6 is 0 Å². The van der Waals surface area contributed by atoms with Gasteiger partial charge in [-0.05, 0) is 36.0 Å². The molecule has 104 valence electrons. The third-order valence-electron chi connectivity index (χ3n) is 5.20. The summed E-state index contributed by atoms with van der Waals surface area (Å²) in [6.45, 7) is 15.2. The van der Waals surface area contributed by atoms with Gasteiger partial charge in [0.2, 0.25) is 5.91 Å². The highest BCUT2D eigenvalue weighted by Gasteiger charge is 2.48. The second kappa shape index (κ2) is 4.54. The van der Waals surface area contributed by atoms with Crippen LogP contribution in [0.3, 0.4) is 0 Å². The number of hydrogen-bond acceptors (Lipinski definition) is 1. The third kappa shape index (κ3) is 2.31. The minimum atomic E-state index is -0.223. The van der Waals surface area contributed by atoms with Crippen molar-refractivity contribution in [3.05, 3.63) is 0 Å². The van der Waals surface area contributed by atoms with Crippen LogP contribution in [0.15, 0.2) is 0 Å². The van der Waals surface area contributed by atoms with Crippen molar-refractivity contribution in [3.8, 4) is 0 Å². The number of amides is 1. The summed E-state index contributed by atoms with van der Waals surface area (Å²) in [5.41, 5.74) is -0.223. The molecule has 1 aliphatic heterocycles. The van der Waals surface area contributed by atoms with Crippen LogP contribution in [-0.2, 0) is 4.79 Å². The number of rotatable bonds is 1. The minimum absolute atomic E-state index is 0.223. The van der Waals surface area contributed by atoms with Crippen molar-refractivity contribution in [1.29, 1.82) is 0 Å². The molecule has 2 rings (SSSR count). The lowest BCUT2D eigenvalue weighted by atomic mass is 9.84. The summed E-state index contributed by atoms with van der Waals surface area (Å²) >= 11 is 0. The zero-order valence-electron chi connectivity index (χ0n) is 12.9. The van der Waals surface area contributed by atoms with Gasteiger partial charge in [-0.3, -0.25) is 4.79 Å². The number of hydrogen-bond donors (Lipinski definition) is 0. The Labute approximate surface area is 112 Å². The van der Waals surface area contributed by atoms with Gasteiger partial charge in [0.15, 0.2) is 0 Å². The molecule has 1 aliphatic carbocycles. The predicted molar refractivity (Wildman–Crippen MR) is 75.1 cm³/mol. The summed E-state index contributed by atoms with van der Waals surface area (Å²) in [5, 5.41) is 0. The average Bonchev–Trinajstić information content (AvgIpc) is 2.76. The molecule has 0 aromatic heterocycles. The zero-order chi connectivity index (χ0) is 13.7. The lowest BCUT2D eigenvalue weighted by Crippen LogP contribution is -2.39. The average molecular weight is 251 g/mol. The van der Waals surface area contributed by atoms with Crippen LogP contribution in [0.2, 0.25) is 0 Å². The smallest absolute Gasteiger partial charge is 0.227 e. The quantitative estimate of drug-likeness (QED) is 0.699. The molecule has 2 nitrogen and oxygen atoms in total. The zero-order valence-corrected chi connectivity index (χ0v) is 12.9. The van der Waals surface area contributed by atoms with Crippen LogP contribution in [0.1, 0.15) is 48.0 Å². The standard InChI is InChI=1S/C16H29NO/c1-10(2)13-7-12-8-17(9-14(12)11(13)3)15(18)16(4,5)6/h10-14H,7-9H2,1-6H3. The monoisotopic (exact) mass is 251 g/mol. The van der Waals surface area contributed by atoms with Gasteiger partial charge in [-0.15, -0.1) is 0 Å². The Morgan fingerprint density at radius 1 is 1.22 bits per heavy atom. The first kappa shape index (κ1) is 13.9.